The van der Waals surface area contributed by atoms with Crippen LogP contribution < -0.4 is 10.5 Å². The summed E-state index contributed by atoms with van der Waals surface area (Å²) in [6, 6.07) is 3.52. The number of hydrogen-bond donors (Lipinski definition) is 2. The summed E-state index contributed by atoms with van der Waals surface area (Å²) in [5, 5.41) is 6.95. The van der Waals surface area contributed by atoms with Crippen LogP contribution in [0.5, 0.6) is 0 Å². The number of primary sulfonamides is 1. The number of amides is 1. The zero-order valence-electron chi connectivity index (χ0n) is 9.78. The minimum absolute atomic E-state index is 0.0687. The number of aryl methyl sites for hydroxylation is 1. The summed E-state index contributed by atoms with van der Waals surface area (Å²) in [4.78, 5) is 10.9. The summed E-state index contributed by atoms with van der Waals surface area (Å²) in [6.45, 7) is 1.42. The molecule has 1 aromatic carbocycles. The van der Waals surface area contributed by atoms with E-state index >= 15 is 0 Å². The first-order valence-electron chi connectivity index (χ1n) is 4.99. The van der Waals surface area contributed by atoms with Gasteiger partial charge in [0.05, 0.1) is 4.90 Å². The second kappa shape index (κ2) is 5.17. The predicted octanol–water partition coefficient (Wildman–Crippen LogP) is 1.53. The van der Waals surface area contributed by atoms with E-state index in [9.17, 15) is 26.4 Å². The molecule has 0 saturated heterocycles. The Hall–Kier alpha value is -1.61. The maximum absolute atomic E-state index is 12.0. The van der Waals surface area contributed by atoms with Crippen LogP contribution in [0.3, 0.4) is 0 Å². The fraction of sp³-hybridized carbons (Fsp3) is 0.300. The minimum Gasteiger partial charge on any atom is -0.326 e. The van der Waals surface area contributed by atoms with E-state index in [4.69, 9.17) is 5.14 Å². The van der Waals surface area contributed by atoms with E-state index in [1.165, 1.54) is 19.1 Å². The standard InChI is InChI=1S/C10H11F3N2O3S/c1-6-4-7(2-3-8(6)19(14,17)18)15-9(16)5-10(11,12)13/h2-4H,5H2,1H3,(H,15,16)(H2,14,17,18). The van der Waals surface area contributed by atoms with Crippen LogP contribution in [0, 0.1) is 6.92 Å². The minimum atomic E-state index is -4.60. The van der Waals surface area contributed by atoms with E-state index in [2.05, 4.69) is 0 Å². The van der Waals surface area contributed by atoms with Gasteiger partial charge in [-0.3, -0.25) is 4.79 Å². The quantitative estimate of drug-likeness (QED) is 0.886. The average molecular weight is 296 g/mol. The van der Waals surface area contributed by atoms with Crippen LogP contribution in [-0.4, -0.2) is 20.5 Å². The summed E-state index contributed by atoms with van der Waals surface area (Å²) < 4.78 is 58.1. The Bertz CT molecular complexity index is 597. The van der Waals surface area contributed by atoms with E-state index in [0.717, 1.165) is 6.07 Å². The lowest BCUT2D eigenvalue weighted by Gasteiger charge is -2.10. The molecule has 5 nitrogen and oxygen atoms in total. The molecule has 0 radical (unpaired) electrons. The number of carbonyl (C=O) groups is 1. The van der Waals surface area contributed by atoms with Crippen molar-refractivity contribution in [2.45, 2.75) is 24.4 Å². The molecular formula is C10H11F3N2O3S. The van der Waals surface area contributed by atoms with Crippen molar-refractivity contribution in [1.82, 2.24) is 0 Å². The molecule has 0 unspecified atom stereocenters. The van der Waals surface area contributed by atoms with Gasteiger partial charge in [0, 0.05) is 5.69 Å². The number of rotatable bonds is 3. The van der Waals surface area contributed by atoms with Gasteiger partial charge in [-0.25, -0.2) is 13.6 Å². The average Bonchev–Trinajstić information content (AvgIpc) is 2.11. The van der Waals surface area contributed by atoms with Gasteiger partial charge in [0.1, 0.15) is 6.42 Å². The van der Waals surface area contributed by atoms with Crippen molar-refractivity contribution >= 4 is 21.6 Å². The van der Waals surface area contributed by atoms with Crippen molar-refractivity contribution in [3.05, 3.63) is 23.8 Å². The van der Waals surface area contributed by atoms with Gasteiger partial charge in [-0.15, -0.1) is 0 Å². The number of carbonyl (C=O) groups excluding carboxylic acids is 1. The Morgan fingerprint density at radius 3 is 2.37 bits per heavy atom. The summed E-state index contributed by atoms with van der Waals surface area (Å²) in [6.07, 6.45) is -6.21. The molecule has 0 bridgehead atoms. The molecule has 106 valence electrons. The van der Waals surface area contributed by atoms with Crippen molar-refractivity contribution in [3.8, 4) is 0 Å². The molecule has 0 saturated carbocycles. The number of hydrogen-bond acceptors (Lipinski definition) is 3. The SMILES string of the molecule is Cc1cc(NC(=O)CC(F)(F)F)ccc1S(N)(=O)=O. The molecule has 0 spiro atoms. The largest absolute Gasteiger partial charge is 0.397 e. The van der Waals surface area contributed by atoms with Gasteiger partial charge in [-0.1, -0.05) is 0 Å². The second-order valence-electron chi connectivity index (χ2n) is 3.87. The third-order valence-electron chi connectivity index (χ3n) is 2.13. The summed E-state index contributed by atoms with van der Waals surface area (Å²) in [5.41, 5.74) is 0.298. The highest BCUT2D eigenvalue weighted by Gasteiger charge is 2.31. The number of anilines is 1. The van der Waals surface area contributed by atoms with E-state index < -0.39 is 28.5 Å². The number of alkyl halides is 3. The first-order valence-corrected chi connectivity index (χ1v) is 6.54. The molecule has 0 aromatic heterocycles. The maximum atomic E-state index is 12.0. The zero-order chi connectivity index (χ0) is 14.8. The first kappa shape index (κ1) is 15.4. The van der Waals surface area contributed by atoms with E-state index in [1.54, 1.807) is 0 Å². The van der Waals surface area contributed by atoms with Crippen molar-refractivity contribution < 1.29 is 26.4 Å². The molecule has 0 heterocycles. The smallest absolute Gasteiger partial charge is 0.326 e. The molecule has 0 aliphatic heterocycles. The Labute approximate surface area is 107 Å². The topological polar surface area (TPSA) is 89.3 Å². The predicted molar refractivity (Wildman–Crippen MR) is 61.9 cm³/mol. The third kappa shape index (κ3) is 4.87. The number of nitrogens with one attached hydrogen (secondary N) is 1. The Morgan fingerprint density at radius 2 is 1.95 bits per heavy atom. The Kier molecular flexibility index (Phi) is 4.21. The number of benzene rings is 1. The molecule has 1 rings (SSSR count). The molecule has 1 amide bonds. The summed E-state index contributed by atoms with van der Waals surface area (Å²) in [5.74, 6) is -1.23. The lowest BCUT2D eigenvalue weighted by atomic mass is 10.2. The fourth-order valence-corrected chi connectivity index (χ4v) is 2.20. The van der Waals surface area contributed by atoms with Crippen LogP contribution in [0.2, 0.25) is 0 Å². The van der Waals surface area contributed by atoms with E-state index in [-0.39, 0.29) is 16.1 Å². The lowest BCUT2D eigenvalue weighted by Crippen LogP contribution is -2.21. The molecule has 3 N–H and O–H groups in total. The molecule has 0 atom stereocenters. The van der Waals surface area contributed by atoms with Gasteiger partial charge in [0.25, 0.3) is 0 Å². The molecular weight excluding hydrogens is 285 g/mol. The monoisotopic (exact) mass is 296 g/mol. The highest BCUT2D eigenvalue weighted by molar-refractivity contribution is 7.89. The summed E-state index contributed by atoms with van der Waals surface area (Å²) >= 11 is 0. The number of halogens is 3. The van der Waals surface area contributed by atoms with Crippen molar-refractivity contribution in [2.75, 3.05) is 5.32 Å². The van der Waals surface area contributed by atoms with Crippen molar-refractivity contribution in [2.24, 2.45) is 5.14 Å². The van der Waals surface area contributed by atoms with Crippen LogP contribution in [-0.2, 0) is 14.8 Å². The zero-order valence-corrected chi connectivity index (χ0v) is 10.6. The van der Waals surface area contributed by atoms with E-state index in [1.807, 2.05) is 5.32 Å². The van der Waals surface area contributed by atoms with Gasteiger partial charge in [-0.2, -0.15) is 13.2 Å². The van der Waals surface area contributed by atoms with E-state index in [0.29, 0.717) is 0 Å². The van der Waals surface area contributed by atoms with Gasteiger partial charge in [0.15, 0.2) is 0 Å². The van der Waals surface area contributed by atoms with Crippen molar-refractivity contribution in [3.63, 3.8) is 0 Å². The second-order valence-corrected chi connectivity index (χ2v) is 5.40. The normalized spacial score (nSPS) is 12.3. The fourth-order valence-electron chi connectivity index (χ4n) is 1.43. The number of sulfonamides is 1. The molecule has 0 aliphatic carbocycles. The molecule has 19 heavy (non-hydrogen) atoms. The molecule has 0 fully saturated rings. The van der Waals surface area contributed by atoms with Crippen molar-refractivity contribution in [1.29, 1.82) is 0 Å². The maximum Gasteiger partial charge on any atom is 0.397 e. The van der Waals surface area contributed by atoms with Crippen LogP contribution >= 0.6 is 0 Å². The first-order chi connectivity index (χ1) is 8.49. The van der Waals surface area contributed by atoms with Gasteiger partial charge >= 0.3 is 6.18 Å². The highest BCUT2D eigenvalue weighted by Crippen LogP contribution is 2.22. The third-order valence-corrected chi connectivity index (χ3v) is 3.20. The molecule has 9 heteroatoms. The summed E-state index contributed by atoms with van der Waals surface area (Å²) in [7, 11) is -3.90. The number of nitrogens with two attached hydrogens (primary N) is 1. The lowest BCUT2D eigenvalue weighted by molar-refractivity contribution is -0.150. The van der Waals surface area contributed by atoms with Gasteiger partial charge < -0.3 is 5.32 Å². The molecule has 1 aromatic rings. The van der Waals surface area contributed by atoms with Crippen LogP contribution in [0.15, 0.2) is 23.1 Å². The van der Waals surface area contributed by atoms with Crippen LogP contribution in [0.4, 0.5) is 18.9 Å². The van der Waals surface area contributed by atoms with Crippen LogP contribution in [0.25, 0.3) is 0 Å². The Balaban J connectivity index is 2.89. The van der Waals surface area contributed by atoms with Gasteiger partial charge in [0.2, 0.25) is 15.9 Å². The highest BCUT2D eigenvalue weighted by atomic mass is 32.2. The van der Waals surface area contributed by atoms with Gasteiger partial charge in [-0.05, 0) is 30.7 Å². The van der Waals surface area contributed by atoms with Crippen LogP contribution in [0.1, 0.15) is 12.0 Å². The molecule has 0 aliphatic rings. The Morgan fingerprint density at radius 1 is 1.37 bits per heavy atom.